The highest BCUT2D eigenvalue weighted by atomic mass is 32.2. The first-order chi connectivity index (χ1) is 18.1. The lowest BCUT2D eigenvalue weighted by atomic mass is 9.87. The lowest BCUT2D eigenvalue weighted by Crippen LogP contribution is -2.21. The predicted octanol–water partition coefficient (Wildman–Crippen LogP) is 7.94. The van der Waals surface area contributed by atoms with Crippen LogP contribution in [0.1, 0.15) is 64.4 Å². The molecule has 0 radical (unpaired) electrons. The Hall–Kier alpha value is -2.66. The number of benzene rings is 4. The van der Waals surface area contributed by atoms with Crippen molar-refractivity contribution in [3.8, 4) is 0 Å². The van der Waals surface area contributed by atoms with Gasteiger partial charge in [-0.3, -0.25) is 4.55 Å². The molecule has 0 aliphatic carbocycles. The molecule has 3 nitrogen and oxygen atoms in total. The molecule has 0 aliphatic heterocycles. The molecule has 39 heavy (non-hydrogen) atoms. The van der Waals surface area contributed by atoms with Gasteiger partial charge in [0, 0.05) is 0 Å². The third-order valence-electron chi connectivity index (χ3n) is 6.43. The summed E-state index contributed by atoms with van der Waals surface area (Å²) in [6.45, 7) is 13.6. The molecule has 0 saturated carbocycles. The lowest BCUT2D eigenvalue weighted by Gasteiger charge is -2.20. The summed E-state index contributed by atoms with van der Waals surface area (Å²) in [5, 5.41) is 3.90. The lowest BCUT2D eigenvalue weighted by molar-refractivity contribution is 0.219. The van der Waals surface area contributed by atoms with E-state index in [1.807, 2.05) is 0 Å². The molecule has 2 unspecified atom stereocenters. The van der Waals surface area contributed by atoms with Crippen molar-refractivity contribution in [3.63, 3.8) is 0 Å². The highest BCUT2D eigenvalue weighted by molar-refractivity contribution is 7.86. The summed E-state index contributed by atoms with van der Waals surface area (Å²) < 4.78 is 56.9. The maximum Gasteiger partial charge on any atom is 0.300 e. The van der Waals surface area contributed by atoms with Gasteiger partial charge in [-0.15, -0.1) is 0 Å². The largest absolute Gasteiger partial charge is 0.300 e. The average molecular weight is 571 g/mol. The Bertz CT molecular complexity index is 1430. The monoisotopic (exact) mass is 570 g/mol. The Kier molecular flexibility index (Phi) is 9.69. The summed E-state index contributed by atoms with van der Waals surface area (Å²) in [7, 11) is -4.32. The fraction of sp³-hybridized carbons (Fsp3) is 0.312. The number of hydrogen-bond acceptors (Lipinski definition) is 2. The van der Waals surface area contributed by atoms with Gasteiger partial charge in [-0.2, -0.15) is 8.42 Å². The van der Waals surface area contributed by atoms with Crippen molar-refractivity contribution in [1.29, 1.82) is 0 Å². The Labute approximate surface area is 233 Å². The average Bonchev–Trinajstić information content (AvgIpc) is 2.87. The van der Waals surface area contributed by atoms with E-state index in [0.29, 0.717) is 10.8 Å². The highest BCUT2D eigenvalue weighted by Gasteiger charge is 2.34. The van der Waals surface area contributed by atoms with Crippen molar-refractivity contribution in [1.82, 2.24) is 0 Å². The van der Waals surface area contributed by atoms with Crippen molar-refractivity contribution in [2.24, 2.45) is 0 Å². The molecule has 4 aromatic carbocycles. The zero-order valence-electron chi connectivity index (χ0n) is 23.2. The molecule has 2 atom stereocenters. The van der Waals surface area contributed by atoms with Crippen LogP contribution in [0.25, 0.3) is 10.8 Å². The maximum atomic E-state index is 13.8. The van der Waals surface area contributed by atoms with Crippen LogP contribution < -0.4 is 10.6 Å². The Morgan fingerprint density at radius 3 is 1.54 bits per heavy atom. The summed E-state index contributed by atoms with van der Waals surface area (Å²) >= 11 is 0. The highest BCUT2D eigenvalue weighted by Crippen LogP contribution is 2.32. The van der Waals surface area contributed by atoms with Crippen LogP contribution in [-0.2, 0) is 20.9 Å². The van der Waals surface area contributed by atoms with Crippen molar-refractivity contribution in [3.05, 3.63) is 108 Å². The fourth-order valence-electron chi connectivity index (χ4n) is 4.06. The molecule has 208 valence electrons. The van der Waals surface area contributed by atoms with Gasteiger partial charge in [0.2, 0.25) is 0 Å². The van der Waals surface area contributed by atoms with E-state index in [1.165, 1.54) is 33.9 Å². The van der Waals surface area contributed by atoms with Crippen LogP contribution in [0.3, 0.4) is 0 Å². The molecular weight excluding hydrogens is 533 g/mol. The molecule has 0 heterocycles. The molecule has 0 amide bonds. The minimum Gasteiger partial charge on any atom is -0.283 e. The van der Waals surface area contributed by atoms with Crippen LogP contribution in [0.15, 0.2) is 91.0 Å². The number of halogens is 2. The zero-order valence-corrected chi connectivity index (χ0v) is 25.1. The summed E-state index contributed by atoms with van der Waals surface area (Å²) in [6, 6.07) is 29.3. The number of hydrogen-bond donors (Lipinski definition) is 1. The molecule has 0 aliphatic rings. The van der Waals surface area contributed by atoms with E-state index >= 15 is 0 Å². The molecule has 1 N–H and O–H groups in total. The predicted molar refractivity (Wildman–Crippen MR) is 162 cm³/mol. The van der Waals surface area contributed by atoms with Crippen LogP contribution in [0.5, 0.6) is 0 Å². The quantitative estimate of drug-likeness (QED) is 0.196. The van der Waals surface area contributed by atoms with E-state index in [-0.39, 0.29) is 16.4 Å². The first-order valence-corrected chi connectivity index (χ1v) is 15.3. The minimum atomic E-state index is -5.06. The van der Waals surface area contributed by atoms with Gasteiger partial charge >= 0.3 is 10.1 Å². The summed E-state index contributed by atoms with van der Waals surface area (Å²) in [5.41, 5.74) is 0.186. The van der Waals surface area contributed by atoms with Crippen molar-refractivity contribution in [2.75, 3.05) is 0 Å². The van der Waals surface area contributed by atoms with Gasteiger partial charge in [0.05, 0.1) is 0 Å². The maximum absolute atomic E-state index is 13.8. The van der Waals surface area contributed by atoms with Crippen LogP contribution in [0, 0.1) is 0 Å². The molecule has 0 saturated heterocycles. The first kappa shape index (κ1) is 30.9. The second kappa shape index (κ2) is 12.2. The van der Waals surface area contributed by atoms with E-state index in [0.717, 1.165) is 8.58 Å². The summed E-state index contributed by atoms with van der Waals surface area (Å²) in [6.07, 6.45) is -2.42. The normalized spacial score (nSPS) is 13.9. The van der Waals surface area contributed by atoms with E-state index < -0.39 is 21.8 Å². The van der Waals surface area contributed by atoms with Crippen molar-refractivity contribution >= 4 is 40.1 Å². The van der Waals surface area contributed by atoms with E-state index in [9.17, 15) is 17.2 Å². The standard InChI is InChI=1S/C20H27P.C12H10F2O3S/c1-19(2,3)15-7-11-17(12-8-15)21-18-13-9-16(10-14-18)20(4,5)6;13-11(12(14)18(15,16)17)10-7-3-5-8-4-1-2-6-9(8)10/h7-14,21H,1-6H3;1-7,11-12H,(H,15,16,17). The third kappa shape index (κ3) is 8.41. The van der Waals surface area contributed by atoms with Crippen LogP contribution in [0.4, 0.5) is 8.78 Å². The van der Waals surface area contributed by atoms with Crippen LogP contribution in [0.2, 0.25) is 0 Å². The van der Waals surface area contributed by atoms with Gasteiger partial charge in [-0.1, -0.05) is 141 Å². The number of fused-ring (bicyclic) bond motifs is 1. The first-order valence-electron chi connectivity index (χ1n) is 12.8. The number of rotatable bonds is 5. The van der Waals surface area contributed by atoms with Gasteiger partial charge in [0.1, 0.15) is 0 Å². The van der Waals surface area contributed by atoms with Crippen molar-refractivity contribution in [2.45, 2.75) is 64.0 Å². The minimum absolute atomic E-state index is 0.0989. The molecule has 0 spiro atoms. The van der Waals surface area contributed by atoms with E-state index in [1.54, 1.807) is 30.3 Å². The van der Waals surface area contributed by atoms with Gasteiger partial charge in [-0.25, -0.2) is 8.78 Å². The summed E-state index contributed by atoms with van der Waals surface area (Å²) in [5.74, 6) is 0. The molecule has 0 fully saturated rings. The fourth-order valence-corrected chi connectivity index (χ4v) is 5.51. The van der Waals surface area contributed by atoms with Gasteiger partial charge in [0.15, 0.2) is 6.17 Å². The Balaban J connectivity index is 0.000000218. The molecule has 0 aromatic heterocycles. The molecule has 4 aromatic rings. The van der Waals surface area contributed by atoms with Crippen LogP contribution in [-0.4, -0.2) is 18.5 Å². The molecule has 0 bridgehead atoms. The SMILES string of the molecule is CC(C)(C)c1ccc(Pc2ccc(C(C)(C)C)cc2)cc1.O=S(=O)(O)C(F)C(F)c1cccc2ccccc12. The topological polar surface area (TPSA) is 54.4 Å². The van der Waals surface area contributed by atoms with Crippen LogP contribution >= 0.6 is 8.58 Å². The second-order valence-electron chi connectivity index (χ2n) is 11.6. The molecule has 7 heteroatoms. The Morgan fingerprint density at radius 2 is 1.10 bits per heavy atom. The second-order valence-corrected chi connectivity index (χ2v) is 14.5. The molecular formula is C32H37F2O3PS. The van der Waals surface area contributed by atoms with E-state index in [4.69, 9.17) is 4.55 Å². The van der Waals surface area contributed by atoms with Gasteiger partial charge in [-0.05, 0) is 48.9 Å². The smallest absolute Gasteiger partial charge is 0.283 e. The zero-order chi connectivity index (χ0) is 29.0. The summed E-state index contributed by atoms with van der Waals surface area (Å²) in [4.78, 5) is 0. The van der Waals surface area contributed by atoms with E-state index in [2.05, 4.69) is 90.1 Å². The van der Waals surface area contributed by atoms with Gasteiger partial charge < -0.3 is 0 Å². The number of alkyl halides is 2. The van der Waals surface area contributed by atoms with Gasteiger partial charge in [0.25, 0.3) is 5.50 Å². The van der Waals surface area contributed by atoms with Crippen molar-refractivity contribution < 1.29 is 21.8 Å². The molecule has 4 rings (SSSR count). The Morgan fingerprint density at radius 1 is 0.667 bits per heavy atom. The third-order valence-corrected chi connectivity index (χ3v) is 8.48.